The summed E-state index contributed by atoms with van der Waals surface area (Å²) >= 11 is 1.42. The van der Waals surface area contributed by atoms with Crippen molar-refractivity contribution in [3.05, 3.63) is 52.0 Å². The number of carboxylic acids is 1. The fraction of sp³-hybridized carbons (Fsp3) is 0.353. The molecule has 1 aromatic carbocycles. The average molecular weight is 332 g/mol. The third kappa shape index (κ3) is 4.16. The Kier molecular flexibility index (Phi) is 5.50. The van der Waals surface area contributed by atoms with Crippen molar-refractivity contribution in [1.82, 2.24) is 9.88 Å². The smallest absolute Gasteiger partial charge is 0.326 e. The number of thiazole rings is 1. The predicted molar refractivity (Wildman–Crippen MR) is 89.6 cm³/mol. The van der Waals surface area contributed by atoms with Gasteiger partial charge in [0.1, 0.15) is 11.7 Å². The Morgan fingerprint density at radius 2 is 1.87 bits per heavy atom. The molecule has 1 amide bonds. The molecule has 0 fully saturated rings. The minimum absolute atomic E-state index is 0.237. The number of carbonyl (C=O) groups excluding carboxylic acids is 1. The maximum Gasteiger partial charge on any atom is 0.326 e. The second-order valence-corrected chi connectivity index (χ2v) is 6.55. The van der Waals surface area contributed by atoms with Gasteiger partial charge in [0.15, 0.2) is 0 Å². The van der Waals surface area contributed by atoms with Crippen LogP contribution >= 0.6 is 11.3 Å². The van der Waals surface area contributed by atoms with E-state index in [9.17, 15) is 14.7 Å². The largest absolute Gasteiger partial charge is 0.480 e. The van der Waals surface area contributed by atoms with Crippen molar-refractivity contribution in [2.45, 2.75) is 39.3 Å². The van der Waals surface area contributed by atoms with Gasteiger partial charge < -0.3 is 10.0 Å². The summed E-state index contributed by atoms with van der Waals surface area (Å²) in [4.78, 5) is 29.8. The molecule has 0 aliphatic carbocycles. The summed E-state index contributed by atoms with van der Waals surface area (Å²) in [6.45, 7) is 5.77. The van der Waals surface area contributed by atoms with Gasteiger partial charge in [-0.25, -0.2) is 9.78 Å². The molecular formula is C17H20N2O3S. The Bertz CT molecular complexity index is 682. The third-order valence-corrected chi connectivity index (χ3v) is 4.66. The van der Waals surface area contributed by atoms with Gasteiger partial charge in [-0.15, -0.1) is 11.3 Å². The van der Waals surface area contributed by atoms with Gasteiger partial charge in [0, 0.05) is 17.8 Å². The monoisotopic (exact) mass is 332 g/mol. The molecule has 5 nitrogen and oxygen atoms in total. The van der Waals surface area contributed by atoms with Crippen LogP contribution in [0, 0.1) is 0 Å². The Balaban J connectivity index is 2.28. The minimum atomic E-state index is -1.03. The van der Waals surface area contributed by atoms with E-state index in [2.05, 4.69) is 4.98 Å². The summed E-state index contributed by atoms with van der Waals surface area (Å²) in [5.74, 6) is -1.15. The number of carboxylic acid groups (broad SMARTS) is 1. The van der Waals surface area contributed by atoms with Crippen molar-refractivity contribution in [2.24, 2.45) is 0 Å². The molecule has 1 heterocycles. The van der Waals surface area contributed by atoms with Gasteiger partial charge in [-0.2, -0.15) is 0 Å². The first kappa shape index (κ1) is 17.1. The number of aliphatic carboxylic acids is 1. The third-order valence-electron chi connectivity index (χ3n) is 3.52. The highest BCUT2D eigenvalue weighted by atomic mass is 32.1. The second kappa shape index (κ2) is 7.37. The molecule has 1 unspecified atom stereocenters. The zero-order valence-corrected chi connectivity index (χ0v) is 14.2. The number of hydrogen-bond acceptors (Lipinski definition) is 4. The van der Waals surface area contributed by atoms with E-state index < -0.39 is 12.0 Å². The van der Waals surface area contributed by atoms with E-state index in [1.807, 2.05) is 44.2 Å². The maximum atomic E-state index is 12.7. The van der Waals surface area contributed by atoms with Crippen molar-refractivity contribution in [1.29, 1.82) is 0 Å². The summed E-state index contributed by atoms with van der Waals surface area (Å²) in [7, 11) is 0. The molecule has 0 spiro atoms. The van der Waals surface area contributed by atoms with Gasteiger partial charge in [0.2, 0.25) is 0 Å². The van der Waals surface area contributed by atoms with Gasteiger partial charge in [-0.1, -0.05) is 44.2 Å². The fourth-order valence-corrected chi connectivity index (χ4v) is 2.91. The molecule has 0 saturated heterocycles. The molecule has 6 heteroatoms. The lowest BCUT2D eigenvalue weighted by atomic mass is 10.1. The molecule has 2 aromatic rings. The summed E-state index contributed by atoms with van der Waals surface area (Å²) in [6.07, 6.45) is 0. The first-order chi connectivity index (χ1) is 10.9. The van der Waals surface area contributed by atoms with Gasteiger partial charge in [0.05, 0.1) is 5.01 Å². The van der Waals surface area contributed by atoms with Crippen molar-refractivity contribution in [2.75, 3.05) is 0 Å². The number of amides is 1. The zero-order chi connectivity index (χ0) is 17.0. The van der Waals surface area contributed by atoms with Gasteiger partial charge in [0.25, 0.3) is 5.91 Å². The molecule has 0 aliphatic heterocycles. The van der Waals surface area contributed by atoms with Gasteiger partial charge in [-0.3, -0.25) is 4.79 Å². The number of carbonyl (C=O) groups is 2. The highest BCUT2D eigenvalue weighted by Crippen LogP contribution is 2.21. The quantitative estimate of drug-likeness (QED) is 0.880. The molecule has 1 atom stereocenters. The van der Waals surface area contributed by atoms with E-state index in [-0.39, 0.29) is 18.4 Å². The average Bonchev–Trinajstić information content (AvgIpc) is 3.02. The molecule has 23 heavy (non-hydrogen) atoms. The Morgan fingerprint density at radius 3 is 2.39 bits per heavy atom. The second-order valence-electron chi connectivity index (χ2n) is 5.66. The van der Waals surface area contributed by atoms with Gasteiger partial charge in [-0.05, 0) is 12.5 Å². The van der Waals surface area contributed by atoms with Crippen LogP contribution in [-0.2, 0) is 11.3 Å². The predicted octanol–water partition coefficient (Wildman–Crippen LogP) is 3.38. The Morgan fingerprint density at radius 1 is 1.22 bits per heavy atom. The maximum absolute atomic E-state index is 12.7. The normalized spacial score (nSPS) is 12.2. The number of nitrogens with zero attached hydrogens (tertiary/aromatic N) is 2. The summed E-state index contributed by atoms with van der Waals surface area (Å²) < 4.78 is 0. The SMILES string of the molecule is CC(C)c1nc(C(=O)N(Cc2ccccc2)C(C)C(=O)O)cs1. The Labute approximate surface area is 139 Å². The van der Waals surface area contributed by atoms with Crippen LogP contribution in [0.4, 0.5) is 0 Å². The fourth-order valence-electron chi connectivity index (χ4n) is 2.10. The topological polar surface area (TPSA) is 70.5 Å². The van der Waals surface area contributed by atoms with E-state index in [4.69, 9.17) is 0 Å². The molecular weight excluding hydrogens is 312 g/mol. The lowest BCUT2D eigenvalue weighted by Gasteiger charge is -2.26. The van der Waals surface area contributed by atoms with Crippen LogP contribution in [0.1, 0.15) is 47.7 Å². The molecule has 2 rings (SSSR count). The van der Waals surface area contributed by atoms with Crippen LogP contribution in [0.2, 0.25) is 0 Å². The number of benzene rings is 1. The lowest BCUT2D eigenvalue weighted by molar-refractivity contribution is -0.141. The van der Waals surface area contributed by atoms with Crippen LogP contribution in [0.25, 0.3) is 0 Å². The highest BCUT2D eigenvalue weighted by Gasteiger charge is 2.28. The molecule has 0 aliphatic rings. The van der Waals surface area contributed by atoms with Crippen LogP contribution < -0.4 is 0 Å². The molecule has 122 valence electrons. The number of aromatic nitrogens is 1. The molecule has 1 aromatic heterocycles. The highest BCUT2D eigenvalue weighted by molar-refractivity contribution is 7.09. The molecule has 0 radical (unpaired) electrons. The first-order valence-corrected chi connectivity index (χ1v) is 8.31. The molecule has 0 saturated carbocycles. The zero-order valence-electron chi connectivity index (χ0n) is 13.4. The first-order valence-electron chi connectivity index (χ1n) is 7.43. The van der Waals surface area contributed by atoms with Crippen LogP contribution in [0.15, 0.2) is 35.7 Å². The van der Waals surface area contributed by atoms with Crippen LogP contribution in [0.5, 0.6) is 0 Å². The van der Waals surface area contributed by atoms with E-state index in [1.165, 1.54) is 23.2 Å². The van der Waals surface area contributed by atoms with E-state index >= 15 is 0 Å². The summed E-state index contributed by atoms with van der Waals surface area (Å²) in [6, 6.07) is 8.43. The van der Waals surface area contributed by atoms with E-state index in [1.54, 1.807) is 5.38 Å². The summed E-state index contributed by atoms with van der Waals surface area (Å²) in [5, 5.41) is 11.9. The number of rotatable bonds is 6. The van der Waals surface area contributed by atoms with E-state index in [0.29, 0.717) is 5.69 Å². The standard InChI is InChI=1S/C17H20N2O3S/c1-11(2)15-18-14(10-23-15)16(20)19(12(3)17(21)22)9-13-7-5-4-6-8-13/h4-8,10-12H,9H2,1-3H3,(H,21,22). The minimum Gasteiger partial charge on any atom is -0.480 e. The van der Waals surface area contributed by atoms with Crippen molar-refractivity contribution < 1.29 is 14.7 Å². The van der Waals surface area contributed by atoms with Crippen molar-refractivity contribution in [3.63, 3.8) is 0 Å². The molecule has 0 bridgehead atoms. The van der Waals surface area contributed by atoms with Crippen LogP contribution in [0.3, 0.4) is 0 Å². The van der Waals surface area contributed by atoms with Crippen molar-refractivity contribution in [3.8, 4) is 0 Å². The van der Waals surface area contributed by atoms with E-state index in [0.717, 1.165) is 10.6 Å². The summed E-state index contributed by atoms with van der Waals surface area (Å²) in [5.41, 5.74) is 1.19. The number of hydrogen-bond donors (Lipinski definition) is 1. The molecule has 1 N–H and O–H groups in total. The van der Waals surface area contributed by atoms with Crippen LogP contribution in [-0.4, -0.2) is 32.9 Å². The Hall–Kier alpha value is -2.21. The van der Waals surface area contributed by atoms with Gasteiger partial charge >= 0.3 is 5.97 Å². The lowest BCUT2D eigenvalue weighted by Crippen LogP contribution is -2.42. The van der Waals surface area contributed by atoms with Crippen molar-refractivity contribution >= 4 is 23.2 Å².